The van der Waals surface area contributed by atoms with E-state index in [2.05, 4.69) is 231 Å². The van der Waals surface area contributed by atoms with E-state index in [0.717, 1.165) is 11.4 Å². The molecule has 0 saturated heterocycles. The van der Waals surface area contributed by atoms with Gasteiger partial charge in [0.2, 0.25) is 0 Å². The first-order valence-corrected chi connectivity index (χ1v) is 26.6. The number of hydrogen-bond acceptors (Lipinski definition) is 2. The van der Waals surface area contributed by atoms with Crippen LogP contribution in [-0.2, 0) is 0 Å². The number of benzene rings is 9. The number of fused-ring (bicyclic) bond motifs is 6. The van der Waals surface area contributed by atoms with Crippen LogP contribution in [-0.4, -0.2) is 16.1 Å². The maximum absolute atomic E-state index is 2.55. The Morgan fingerprint density at radius 3 is 1.49 bits per heavy atom. The summed E-state index contributed by atoms with van der Waals surface area (Å²) in [5, 5.41) is 12.3. The lowest BCUT2D eigenvalue weighted by Gasteiger charge is -2.36. The van der Waals surface area contributed by atoms with Gasteiger partial charge in [-0.1, -0.05) is 153 Å². The van der Waals surface area contributed by atoms with Gasteiger partial charge in [0.1, 0.15) is 8.07 Å². The third kappa shape index (κ3) is 5.82. The second kappa shape index (κ2) is 13.5. The van der Waals surface area contributed by atoms with Crippen LogP contribution in [0, 0.1) is 0 Å². The predicted octanol–water partition coefficient (Wildman–Crippen LogP) is 13.4. The standard InChI is InChI=1S/C53H46N2Si2/c1-56(2,3)42-31-28-40(29-32-42)54(37-18-9-6-10-19-37)41-30-33-45-49-35-47-43-24-15-16-25-44(43)50(55(38-20-11-7-12-21-38)39-22-13-8-14-23-39)36-48(47)46-26-17-27-51(53(46)49)57(4,5)52(45)34-41/h6-36H,1-5H3. The zero-order chi connectivity index (χ0) is 38.9. The topological polar surface area (TPSA) is 6.48 Å². The highest BCUT2D eigenvalue weighted by molar-refractivity contribution is 7.03. The smallest absolute Gasteiger partial charge is 0.113 e. The van der Waals surface area contributed by atoms with Crippen LogP contribution in [0.4, 0.5) is 34.1 Å². The highest BCUT2D eigenvalue weighted by Crippen LogP contribution is 2.46. The predicted molar refractivity (Wildman–Crippen MR) is 253 cm³/mol. The van der Waals surface area contributed by atoms with Crippen molar-refractivity contribution in [3.05, 3.63) is 188 Å². The van der Waals surface area contributed by atoms with Crippen molar-refractivity contribution in [1.29, 1.82) is 0 Å². The van der Waals surface area contributed by atoms with Gasteiger partial charge in [-0.3, -0.25) is 0 Å². The fourth-order valence-electron chi connectivity index (χ4n) is 9.24. The first-order chi connectivity index (χ1) is 27.7. The summed E-state index contributed by atoms with van der Waals surface area (Å²) >= 11 is 0. The molecule has 0 radical (unpaired) electrons. The van der Waals surface area contributed by atoms with E-state index in [-0.39, 0.29) is 0 Å². The zero-order valence-corrected chi connectivity index (χ0v) is 35.3. The molecule has 1 aliphatic heterocycles. The van der Waals surface area contributed by atoms with E-state index in [1.54, 1.807) is 0 Å². The van der Waals surface area contributed by atoms with E-state index >= 15 is 0 Å². The van der Waals surface area contributed by atoms with Crippen LogP contribution in [0.1, 0.15) is 0 Å². The molecule has 1 aliphatic rings. The maximum atomic E-state index is 2.55. The highest BCUT2D eigenvalue weighted by atomic mass is 28.3. The highest BCUT2D eigenvalue weighted by Gasteiger charge is 2.37. The molecule has 0 unspecified atom stereocenters. The normalized spacial score (nSPS) is 13.1. The van der Waals surface area contributed by atoms with Gasteiger partial charge in [-0.05, 0) is 121 Å². The third-order valence-corrected chi connectivity index (χ3v) is 17.7. The van der Waals surface area contributed by atoms with E-state index in [9.17, 15) is 0 Å². The van der Waals surface area contributed by atoms with Crippen LogP contribution in [0.15, 0.2) is 188 Å². The van der Waals surface area contributed by atoms with Gasteiger partial charge in [-0.15, -0.1) is 0 Å². The van der Waals surface area contributed by atoms with Crippen molar-refractivity contribution in [2.24, 2.45) is 0 Å². The molecule has 0 bridgehead atoms. The Labute approximate surface area is 338 Å². The Kier molecular flexibility index (Phi) is 8.33. The molecule has 10 rings (SSSR count). The first kappa shape index (κ1) is 35.2. The van der Waals surface area contributed by atoms with E-state index in [1.807, 2.05) is 0 Å². The Bertz CT molecular complexity index is 2910. The van der Waals surface area contributed by atoms with E-state index < -0.39 is 16.1 Å². The number of para-hydroxylation sites is 3. The quantitative estimate of drug-likeness (QED) is 0.118. The minimum absolute atomic E-state index is 1.14. The third-order valence-electron chi connectivity index (χ3n) is 12.2. The zero-order valence-electron chi connectivity index (χ0n) is 33.3. The van der Waals surface area contributed by atoms with E-state index in [0.29, 0.717) is 0 Å². The van der Waals surface area contributed by atoms with Gasteiger partial charge in [0.25, 0.3) is 0 Å². The average molecular weight is 767 g/mol. The Morgan fingerprint density at radius 2 is 0.877 bits per heavy atom. The summed E-state index contributed by atoms with van der Waals surface area (Å²) in [5.41, 5.74) is 9.75. The number of anilines is 6. The lowest BCUT2D eigenvalue weighted by molar-refractivity contribution is 1.29. The molecule has 57 heavy (non-hydrogen) atoms. The van der Waals surface area contributed by atoms with Crippen molar-refractivity contribution in [1.82, 2.24) is 0 Å². The number of hydrogen-bond donors (Lipinski definition) is 0. The van der Waals surface area contributed by atoms with Gasteiger partial charge in [-0.2, -0.15) is 0 Å². The summed E-state index contributed by atoms with van der Waals surface area (Å²) in [6, 6.07) is 70.1. The first-order valence-electron chi connectivity index (χ1n) is 20.1. The van der Waals surface area contributed by atoms with Crippen LogP contribution in [0.3, 0.4) is 0 Å². The lowest BCUT2D eigenvalue weighted by atomic mass is 9.89. The van der Waals surface area contributed by atoms with Crippen LogP contribution < -0.4 is 25.4 Å². The SMILES string of the molecule is C[Si](C)(C)c1ccc(N(c2ccccc2)c2ccc3c(c2)[Si](C)(C)c2cccc4c2c-3cc2c3ccccc3c(N(c3ccccc3)c3ccccc3)cc42)cc1. The van der Waals surface area contributed by atoms with Crippen LogP contribution >= 0.6 is 0 Å². The molecule has 9 aromatic rings. The summed E-state index contributed by atoms with van der Waals surface area (Å²) in [6.07, 6.45) is 0. The van der Waals surface area contributed by atoms with Gasteiger partial charge in [0.15, 0.2) is 0 Å². The molecular formula is C53H46N2Si2. The maximum Gasteiger partial charge on any atom is 0.113 e. The second-order valence-electron chi connectivity index (χ2n) is 17.0. The van der Waals surface area contributed by atoms with Crippen molar-refractivity contribution in [2.75, 3.05) is 9.80 Å². The summed E-state index contributed by atoms with van der Waals surface area (Å²) in [5.74, 6) is 0. The molecule has 1 heterocycles. The van der Waals surface area contributed by atoms with Gasteiger partial charge in [-0.25, -0.2) is 0 Å². The fraction of sp³-hybridized carbons (Fsp3) is 0.0943. The lowest BCUT2D eigenvalue weighted by Crippen LogP contribution is -2.56. The van der Waals surface area contributed by atoms with Crippen molar-refractivity contribution < 1.29 is 0 Å². The van der Waals surface area contributed by atoms with Crippen LogP contribution in [0.5, 0.6) is 0 Å². The molecule has 0 N–H and O–H groups in total. The van der Waals surface area contributed by atoms with Crippen LogP contribution in [0.2, 0.25) is 32.7 Å². The monoisotopic (exact) mass is 766 g/mol. The molecule has 0 aliphatic carbocycles. The molecular weight excluding hydrogens is 721 g/mol. The van der Waals surface area contributed by atoms with E-state index in [1.165, 1.54) is 81.8 Å². The average Bonchev–Trinajstić information content (AvgIpc) is 3.24. The molecule has 276 valence electrons. The Balaban J connectivity index is 1.21. The van der Waals surface area contributed by atoms with Gasteiger partial charge in [0.05, 0.1) is 13.8 Å². The van der Waals surface area contributed by atoms with Gasteiger partial charge < -0.3 is 9.80 Å². The molecule has 0 saturated carbocycles. The second-order valence-corrected chi connectivity index (χ2v) is 26.4. The molecule has 0 spiro atoms. The molecule has 0 atom stereocenters. The summed E-state index contributed by atoms with van der Waals surface area (Å²) in [7, 11) is -3.63. The van der Waals surface area contributed by atoms with Crippen molar-refractivity contribution in [3.8, 4) is 11.1 Å². The summed E-state index contributed by atoms with van der Waals surface area (Å²) in [4.78, 5) is 4.86. The molecule has 4 heteroatoms. The molecule has 0 fully saturated rings. The minimum Gasteiger partial charge on any atom is -0.311 e. The molecule has 0 aromatic heterocycles. The fourth-order valence-corrected chi connectivity index (χ4v) is 13.5. The molecule has 2 nitrogen and oxygen atoms in total. The largest absolute Gasteiger partial charge is 0.311 e. The summed E-state index contributed by atoms with van der Waals surface area (Å²) in [6.45, 7) is 12.3. The Hall–Kier alpha value is -6.21. The molecule has 9 aromatic carbocycles. The van der Waals surface area contributed by atoms with Gasteiger partial charge in [0, 0.05) is 33.8 Å². The van der Waals surface area contributed by atoms with Crippen LogP contribution in [0.25, 0.3) is 43.4 Å². The van der Waals surface area contributed by atoms with Gasteiger partial charge >= 0.3 is 0 Å². The van der Waals surface area contributed by atoms with Crippen molar-refractivity contribution >= 4 is 98.1 Å². The van der Waals surface area contributed by atoms with E-state index in [4.69, 9.17) is 0 Å². The number of nitrogens with zero attached hydrogens (tertiary/aromatic N) is 2. The minimum atomic E-state index is -2.19. The molecule has 0 amide bonds. The summed E-state index contributed by atoms with van der Waals surface area (Å²) < 4.78 is 0. The Morgan fingerprint density at radius 1 is 0.368 bits per heavy atom. The van der Waals surface area contributed by atoms with Crippen molar-refractivity contribution in [2.45, 2.75) is 32.7 Å². The van der Waals surface area contributed by atoms with Crippen molar-refractivity contribution in [3.63, 3.8) is 0 Å². The number of rotatable bonds is 7.